The second-order valence-corrected chi connectivity index (χ2v) is 19.7. The molecular formula is C75H112O5. The maximum absolute atomic E-state index is 12.3. The predicted molar refractivity (Wildman–Crippen MR) is 352 cm³/mol. The lowest BCUT2D eigenvalue weighted by atomic mass is 10.1. The van der Waals surface area contributed by atoms with Crippen LogP contribution < -0.4 is 0 Å². The van der Waals surface area contributed by atoms with Crippen LogP contribution in [-0.2, 0) is 19.1 Å². The fraction of sp³-hybridized carbons (Fsp3) is 0.493. The molecule has 0 aromatic heterocycles. The van der Waals surface area contributed by atoms with Gasteiger partial charge in [0, 0.05) is 12.8 Å². The average Bonchev–Trinajstić information content (AvgIpc) is 3.46. The average molecular weight is 1090 g/mol. The largest absolute Gasteiger partial charge is 0.462 e. The Labute approximate surface area is 491 Å². The molecule has 1 N–H and O–H groups in total. The first kappa shape index (κ1) is 74.2. The molecule has 0 rings (SSSR count). The summed E-state index contributed by atoms with van der Waals surface area (Å²) in [6, 6.07) is 0. The number of carbonyl (C=O) groups excluding carboxylic acids is 2. The SMILES string of the molecule is CC/C=C\C/C=C\C/C=C\C/C=C\C/C=C\C/C=C\C/C=C\C/C=C\C/C=C\CCCCCCCCCCCC(=O)OC(CO)COC(=O)CCC/C=C\C/C=C\C/C=C\C/C=C\C/C=C\C/C=C\C/C=C\C/C=C\C/C=C\CC. The van der Waals surface area contributed by atoms with Crippen LogP contribution in [0.5, 0.6) is 0 Å². The van der Waals surface area contributed by atoms with Crippen molar-refractivity contribution >= 4 is 11.9 Å². The molecule has 442 valence electrons. The number of hydrogen-bond acceptors (Lipinski definition) is 5. The number of rotatable bonds is 54. The summed E-state index contributed by atoms with van der Waals surface area (Å²) in [5.74, 6) is -0.686. The Balaban J connectivity index is 3.70. The molecule has 5 nitrogen and oxygen atoms in total. The van der Waals surface area contributed by atoms with Gasteiger partial charge in [-0.15, -0.1) is 0 Å². The monoisotopic (exact) mass is 1090 g/mol. The maximum atomic E-state index is 12.3. The number of aliphatic hydroxyl groups excluding tert-OH is 1. The van der Waals surface area contributed by atoms with E-state index in [1.54, 1.807) is 0 Å². The topological polar surface area (TPSA) is 72.8 Å². The lowest BCUT2D eigenvalue weighted by Crippen LogP contribution is -2.28. The summed E-state index contributed by atoms with van der Waals surface area (Å²) >= 11 is 0. The lowest BCUT2D eigenvalue weighted by Gasteiger charge is -2.15. The van der Waals surface area contributed by atoms with E-state index in [1.807, 2.05) is 0 Å². The number of esters is 2. The molecule has 80 heavy (non-hydrogen) atoms. The van der Waals surface area contributed by atoms with E-state index in [0.29, 0.717) is 12.8 Å². The molecule has 0 aliphatic carbocycles. The van der Waals surface area contributed by atoms with Crippen molar-refractivity contribution in [1.29, 1.82) is 0 Å². The summed E-state index contributed by atoms with van der Waals surface area (Å²) < 4.78 is 10.7. The molecule has 0 aromatic rings. The summed E-state index contributed by atoms with van der Waals surface area (Å²) in [4.78, 5) is 24.6. The van der Waals surface area contributed by atoms with E-state index in [-0.39, 0.29) is 31.6 Å². The van der Waals surface area contributed by atoms with Gasteiger partial charge in [-0.3, -0.25) is 9.59 Å². The number of unbranched alkanes of at least 4 members (excludes halogenated alkanes) is 10. The van der Waals surface area contributed by atoms with E-state index in [4.69, 9.17) is 9.47 Å². The minimum Gasteiger partial charge on any atom is -0.462 e. The minimum absolute atomic E-state index is 0.114. The Morgan fingerprint density at radius 1 is 0.287 bits per heavy atom. The van der Waals surface area contributed by atoms with Crippen molar-refractivity contribution in [2.75, 3.05) is 13.2 Å². The highest BCUT2D eigenvalue weighted by molar-refractivity contribution is 5.70. The zero-order chi connectivity index (χ0) is 57.6. The Bertz CT molecular complexity index is 1960. The van der Waals surface area contributed by atoms with Crippen molar-refractivity contribution in [3.63, 3.8) is 0 Å². The molecule has 0 radical (unpaired) electrons. The van der Waals surface area contributed by atoms with Crippen LogP contribution in [0, 0.1) is 0 Å². The van der Waals surface area contributed by atoms with E-state index in [9.17, 15) is 14.7 Å². The number of carbonyl (C=O) groups is 2. The molecule has 0 saturated heterocycles. The molecule has 0 amide bonds. The van der Waals surface area contributed by atoms with Crippen molar-refractivity contribution in [3.8, 4) is 0 Å². The second-order valence-electron chi connectivity index (χ2n) is 19.7. The summed E-state index contributed by atoms with van der Waals surface area (Å²) in [6.07, 6.45) is 111. The summed E-state index contributed by atoms with van der Waals surface area (Å²) in [6.45, 7) is 3.84. The second kappa shape index (κ2) is 67.5. The number of ether oxygens (including phenoxy) is 2. The van der Waals surface area contributed by atoms with Gasteiger partial charge in [-0.25, -0.2) is 0 Å². The third kappa shape index (κ3) is 64.7. The van der Waals surface area contributed by atoms with Gasteiger partial charge in [-0.2, -0.15) is 0 Å². The number of aliphatic hydroxyl groups is 1. The van der Waals surface area contributed by atoms with Crippen molar-refractivity contribution in [3.05, 3.63) is 219 Å². The van der Waals surface area contributed by atoms with Gasteiger partial charge < -0.3 is 14.6 Å². The molecule has 0 heterocycles. The molecule has 0 bridgehead atoms. The highest BCUT2D eigenvalue weighted by Crippen LogP contribution is 2.13. The Hall–Kier alpha value is -5.78. The molecule has 0 saturated carbocycles. The van der Waals surface area contributed by atoms with E-state index in [1.165, 1.54) is 38.5 Å². The fourth-order valence-corrected chi connectivity index (χ4v) is 7.67. The van der Waals surface area contributed by atoms with Crippen LogP contribution in [0.15, 0.2) is 219 Å². The quantitative estimate of drug-likeness (QED) is 0.0373. The molecule has 0 aliphatic heterocycles. The van der Waals surface area contributed by atoms with Crippen molar-refractivity contribution in [2.45, 2.75) is 225 Å². The predicted octanol–water partition coefficient (Wildman–Crippen LogP) is 22.0. The Morgan fingerprint density at radius 3 is 0.787 bits per heavy atom. The van der Waals surface area contributed by atoms with Gasteiger partial charge in [0.1, 0.15) is 6.61 Å². The van der Waals surface area contributed by atoms with Gasteiger partial charge in [-0.1, -0.05) is 278 Å². The maximum Gasteiger partial charge on any atom is 0.306 e. The highest BCUT2D eigenvalue weighted by atomic mass is 16.6. The van der Waals surface area contributed by atoms with Crippen LogP contribution in [0.3, 0.4) is 0 Å². The van der Waals surface area contributed by atoms with Crippen LogP contribution in [0.2, 0.25) is 0 Å². The van der Waals surface area contributed by atoms with Crippen LogP contribution >= 0.6 is 0 Å². The minimum atomic E-state index is -0.819. The van der Waals surface area contributed by atoms with E-state index in [2.05, 4.69) is 233 Å². The van der Waals surface area contributed by atoms with E-state index >= 15 is 0 Å². The normalized spacial score (nSPS) is 13.8. The van der Waals surface area contributed by atoms with Gasteiger partial charge in [0.15, 0.2) is 6.10 Å². The first-order valence-corrected chi connectivity index (χ1v) is 31.3. The standard InChI is InChI=1S/C75H112O5/c1-3-5-7-9-11-13-15-17-19-21-23-25-27-29-31-33-34-35-36-37-38-39-40-42-44-46-48-50-52-54-56-58-60-62-64-66-68-70-75(78)80-73(71-76)72-79-74(77)69-67-65-63-61-59-57-55-53-51-49-47-45-43-41-32-30-28-26-24-22-20-18-16-14-12-10-8-6-4-2/h5-8,11-14,17-20,23-26,29-32,34-35,37-38,40,42-43,45-46,48-49,51,55,57,61,63,73,76H,3-4,9-10,15-16,21-22,27-28,33,36,39,41,44,47,50,52-54,56,58-60,62,64-72H2,1-2H3/b7-5-,8-6-,13-11-,14-12-,19-17-,20-18-,25-23-,26-24-,31-29-,32-30-,35-34-,38-37-,42-40-,45-43-,48-46-,51-49-,57-55-,63-61-. The fourth-order valence-electron chi connectivity index (χ4n) is 7.67. The Morgan fingerprint density at radius 2 is 0.512 bits per heavy atom. The van der Waals surface area contributed by atoms with Crippen LogP contribution in [0.4, 0.5) is 0 Å². The summed E-state index contributed by atoms with van der Waals surface area (Å²) in [5, 5.41) is 9.67. The molecule has 1 unspecified atom stereocenters. The van der Waals surface area contributed by atoms with Gasteiger partial charge in [0.05, 0.1) is 6.61 Å². The van der Waals surface area contributed by atoms with Crippen molar-refractivity contribution in [1.82, 2.24) is 0 Å². The molecule has 0 aliphatic rings. The van der Waals surface area contributed by atoms with Gasteiger partial charge in [0.25, 0.3) is 0 Å². The van der Waals surface area contributed by atoms with E-state index in [0.717, 1.165) is 148 Å². The van der Waals surface area contributed by atoms with Gasteiger partial charge >= 0.3 is 11.9 Å². The number of allylic oxidation sites excluding steroid dienone is 36. The number of hydrogen-bond donors (Lipinski definition) is 1. The van der Waals surface area contributed by atoms with Gasteiger partial charge in [-0.05, 0) is 148 Å². The summed E-state index contributed by atoms with van der Waals surface area (Å²) in [7, 11) is 0. The third-order valence-corrected chi connectivity index (χ3v) is 12.3. The van der Waals surface area contributed by atoms with Crippen LogP contribution in [0.1, 0.15) is 219 Å². The molecule has 0 fully saturated rings. The summed E-state index contributed by atoms with van der Waals surface area (Å²) in [5.41, 5.74) is 0. The van der Waals surface area contributed by atoms with Crippen LogP contribution in [-0.4, -0.2) is 36.4 Å². The molecular weight excluding hydrogens is 981 g/mol. The zero-order valence-corrected chi connectivity index (χ0v) is 50.5. The third-order valence-electron chi connectivity index (χ3n) is 12.3. The van der Waals surface area contributed by atoms with Crippen LogP contribution in [0.25, 0.3) is 0 Å². The lowest BCUT2D eigenvalue weighted by molar-refractivity contribution is -0.161. The Kier molecular flexibility index (Phi) is 62.6. The molecule has 0 aromatic carbocycles. The first-order chi connectivity index (χ1) is 39.6. The van der Waals surface area contributed by atoms with Gasteiger partial charge in [0.2, 0.25) is 0 Å². The van der Waals surface area contributed by atoms with Crippen molar-refractivity contribution < 1.29 is 24.2 Å². The zero-order valence-electron chi connectivity index (χ0n) is 50.5. The smallest absolute Gasteiger partial charge is 0.306 e. The molecule has 5 heteroatoms. The first-order valence-electron chi connectivity index (χ1n) is 31.3. The van der Waals surface area contributed by atoms with E-state index < -0.39 is 6.10 Å². The molecule has 1 atom stereocenters. The molecule has 0 spiro atoms. The highest BCUT2D eigenvalue weighted by Gasteiger charge is 2.16. The van der Waals surface area contributed by atoms with Crippen molar-refractivity contribution in [2.24, 2.45) is 0 Å².